The number of rotatable bonds is 8. The topological polar surface area (TPSA) is 98.7 Å². The number of fused-ring (bicyclic) bond motifs is 2. The SMILES string of the molecule is CC(=O)N1CCC(C(=O)N(CCCN2C3CCC2CC(NC(=O)c2c(C)ncnc2C)C3)c2ccc(C)c(Cl)c2)CC1. The molecule has 3 aliphatic rings. The van der Waals surface area contributed by atoms with E-state index >= 15 is 0 Å². The molecule has 0 radical (unpaired) electrons. The summed E-state index contributed by atoms with van der Waals surface area (Å²) in [6, 6.07) is 6.86. The molecule has 226 valence electrons. The van der Waals surface area contributed by atoms with Crippen LogP contribution in [0.1, 0.15) is 79.2 Å². The minimum atomic E-state index is -0.0986. The monoisotopic (exact) mass is 594 g/mol. The molecule has 1 aromatic heterocycles. The van der Waals surface area contributed by atoms with Crippen LogP contribution in [0.5, 0.6) is 0 Å². The fraction of sp³-hybridized carbons (Fsp3) is 0.594. The summed E-state index contributed by atoms with van der Waals surface area (Å²) in [6.07, 6.45) is 7.85. The number of halogens is 1. The molecule has 3 amide bonds. The quantitative estimate of drug-likeness (QED) is 0.484. The third-order valence-electron chi connectivity index (χ3n) is 9.49. The smallest absolute Gasteiger partial charge is 0.255 e. The summed E-state index contributed by atoms with van der Waals surface area (Å²) in [7, 11) is 0. The van der Waals surface area contributed by atoms with Gasteiger partial charge in [-0.3, -0.25) is 19.3 Å². The van der Waals surface area contributed by atoms with E-state index in [4.69, 9.17) is 11.6 Å². The second kappa shape index (κ2) is 13.1. The van der Waals surface area contributed by atoms with Crippen LogP contribution in [0.4, 0.5) is 5.69 Å². The Morgan fingerprint density at radius 1 is 1.00 bits per heavy atom. The summed E-state index contributed by atoms with van der Waals surface area (Å²) < 4.78 is 0. The molecule has 3 fully saturated rings. The van der Waals surface area contributed by atoms with Gasteiger partial charge in [-0.2, -0.15) is 0 Å². The van der Waals surface area contributed by atoms with E-state index in [-0.39, 0.29) is 29.7 Å². The highest BCUT2D eigenvalue weighted by Crippen LogP contribution is 2.36. The van der Waals surface area contributed by atoms with Crippen molar-refractivity contribution in [2.24, 2.45) is 5.92 Å². The zero-order valence-electron chi connectivity index (χ0n) is 25.2. The van der Waals surface area contributed by atoms with Crippen molar-refractivity contribution in [3.63, 3.8) is 0 Å². The summed E-state index contributed by atoms with van der Waals surface area (Å²) >= 11 is 6.48. The first kappa shape index (κ1) is 30.4. The molecule has 1 aromatic carbocycles. The molecule has 0 saturated carbocycles. The van der Waals surface area contributed by atoms with Gasteiger partial charge in [0.2, 0.25) is 11.8 Å². The molecule has 2 atom stereocenters. The van der Waals surface area contributed by atoms with Crippen molar-refractivity contribution in [1.82, 2.24) is 25.1 Å². The van der Waals surface area contributed by atoms with Crippen LogP contribution < -0.4 is 10.2 Å². The van der Waals surface area contributed by atoms with Gasteiger partial charge in [-0.15, -0.1) is 0 Å². The molecule has 3 aliphatic heterocycles. The van der Waals surface area contributed by atoms with E-state index in [0.29, 0.717) is 66.5 Å². The number of nitrogens with zero attached hydrogens (tertiary/aromatic N) is 5. The Morgan fingerprint density at radius 3 is 2.24 bits per heavy atom. The largest absolute Gasteiger partial charge is 0.349 e. The Labute approximate surface area is 254 Å². The van der Waals surface area contributed by atoms with Crippen LogP contribution >= 0.6 is 11.6 Å². The van der Waals surface area contributed by atoms with Crippen LogP contribution in [0, 0.1) is 26.7 Å². The van der Waals surface area contributed by atoms with E-state index in [1.165, 1.54) is 6.33 Å². The Bertz CT molecular complexity index is 1290. The maximum absolute atomic E-state index is 13.8. The predicted molar refractivity (Wildman–Crippen MR) is 164 cm³/mol. The van der Waals surface area contributed by atoms with Crippen molar-refractivity contribution in [1.29, 1.82) is 0 Å². The number of hydrogen-bond acceptors (Lipinski definition) is 6. The molecule has 3 saturated heterocycles. The van der Waals surface area contributed by atoms with Gasteiger partial charge in [0.25, 0.3) is 5.91 Å². The van der Waals surface area contributed by atoms with Gasteiger partial charge in [0.15, 0.2) is 0 Å². The van der Waals surface area contributed by atoms with E-state index in [0.717, 1.165) is 49.9 Å². The minimum absolute atomic E-state index is 0.0698. The first-order valence-corrected chi connectivity index (χ1v) is 15.7. The lowest BCUT2D eigenvalue weighted by Gasteiger charge is -2.40. The highest BCUT2D eigenvalue weighted by Gasteiger charge is 2.41. The fourth-order valence-electron chi connectivity index (χ4n) is 7.13. The van der Waals surface area contributed by atoms with E-state index in [1.54, 1.807) is 6.92 Å². The average molecular weight is 595 g/mol. The maximum atomic E-state index is 13.8. The number of piperidine rings is 2. The molecule has 0 spiro atoms. The Morgan fingerprint density at radius 2 is 1.64 bits per heavy atom. The molecule has 9 nitrogen and oxygen atoms in total. The number of aromatic nitrogens is 2. The summed E-state index contributed by atoms with van der Waals surface area (Å²) in [4.78, 5) is 53.5. The highest BCUT2D eigenvalue weighted by molar-refractivity contribution is 6.31. The van der Waals surface area contributed by atoms with Gasteiger partial charge in [0.05, 0.1) is 17.0 Å². The molecule has 5 rings (SSSR count). The Hall–Kier alpha value is -3.04. The van der Waals surface area contributed by atoms with Crippen LogP contribution in [-0.4, -0.2) is 81.8 Å². The number of likely N-dealkylation sites (tertiary alicyclic amines) is 1. The van der Waals surface area contributed by atoms with Gasteiger partial charge < -0.3 is 15.1 Å². The number of carbonyl (C=O) groups is 3. The second-order valence-corrected chi connectivity index (χ2v) is 12.6. The van der Waals surface area contributed by atoms with Gasteiger partial charge in [0.1, 0.15) is 6.33 Å². The van der Waals surface area contributed by atoms with E-state index in [1.807, 2.05) is 48.8 Å². The number of benzene rings is 1. The molecule has 0 aliphatic carbocycles. The normalized spacial score (nSPS) is 22.7. The lowest BCUT2D eigenvalue weighted by Crippen LogP contribution is -2.51. The van der Waals surface area contributed by atoms with Crippen molar-refractivity contribution >= 4 is 35.0 Å². The molecular formula is C32H43ClN6O3. The fourth-order valence-corrected chi connectivity index (χ4v) is 7.30. The highest BCUT2D eigenvalue weighted by atomic mass is 35.5. The van der Waals surface area contributed by atoms with Crippen LogP contribution in [-0.2, 0) is 9.59 Å². The van der Waals surface area contributed by atoms with Gasteiger partial charge in [-0.05, 0) is 83.4 Å². The van der Waals surface area contributed by atoms with Gasteiger partial charge >= 0.3 is 0 Å². The summed E-state index contributed by atoms with van der Waals surface area (Å²) in [5, 5.41) is 3.93. The standard InChI is InChI=1S/C32H43ClN6O3/c1-20-6-7-28(18-29(20)33)39(32(42)24-10-14-37(15-11-24)23(4)40)13-5-12-38-26-8-9-27(38)17-25(16-26)36-31(41)30-21(2)34-19-35-22(30)3/h6-7,18-19,24-27H,5,8-17H2,1-4H3,(H,36,41). The van der Waals surface area contributed by atoms with E-state index < -0.39 is 0 Å². The molecule has 42 heavy (non-hydrogen) atoms. The number of anilines is 1. The average Bonchev–Trinajstić information content (AvgIpc) is 3.19. The third kappa shape index (κ3) is 6.62. The molecular weight excluding hydrogens is 552 g/mol. The molecule has 2 unspecified atom stereocenters. The van der Waals surface area contributed by atoms with Gasteiger partial charge in [-0.1, -0.05) is 17.7 Å². The van der Waals surface area contributed by atoms with Crippen molar-refractivity contribution in [3.8, 4) is 0 Å². The number of nitrogens with one attached hydrogen (secondary N) is 1. The van der Waals surface area contributed by atoms with Gasteiger partial charge in [-0.25, -0.2) is 9.97 Å². The van der Waals surface area contributed by atoms with Crippen molar-refractivity contribution < 1.29 is 14.4 Å². The Kier molecular flexibility index (Phi) is 9.47. The minimum Gasteiger partial charge on any atom is -0.349 e. The number of aryl methyl sites for hydroxylation is 3. The summed E-state index contributed by atoms with van der Waals surface area (Å²) in [6.45, 7) is 10.0. The molecule has 2 aromatic rings. The third-order valence-corrected chi connectivity index (χ3v) is 9.90. The molecule has 4 heterocycles. The molecule has 2 bridgehead atoms. The predicted octanol–water partition coefficient (Wildman–Crippen LogP) is 4.46. The first-order chi connectivity index (χ1) is 20.1. The number of carbonyl (C=O) groups excluding carboxylic acids is 3. The number of hydrogen-bond donors (Lipinski definition) is 1. The second-order valence-electron chi connectivity index (χ2n) is 12.2. The lowest BCUT2D eigenvalue weighted by atomic mass is 9.94. The summed E-state index contributed by atoms with van der Waals surface area (Å²) in [5.41, 5.74) is 3.82. The zero-order valence-corrected chi connectivity index (χ0v) is 26.0. The Balaban J connectivity index is 1.20. The van der Waals surface area contributed by atoms with E-state index in [2.05, 4.69) is 20.2 Å². The van der Waals surface area contributed by atoms with E-state index in [9.17, 15) is 14.4 Å². The van der Waals surface area contributed by atoms with Crippen LogP contribution in [0.2, 0.25) is 5.02 Å². The molecule has 10 heteroatoms. The van der Waals surface area contributed by atoms with Crippen molar-refractivity contribution in [2.75, 3.05) is 31.1 Å². The zero-order chi connectivity index (χ0) is 30.0. The lowest BCUT2D eigenvalue weighted by molar-refractivity contribution is -0.133. The molecule has 1 N–H and O–H groups in total. The first-order valence-electron chi connectivity index (χ1n) is 15.3. The maximum Gasteiger partial charge on any atom is 0.255 e. The van der Waals surface area contributed by atoms with Crippen LogP contribution in [0.25, 0.3) is 0 Å². The van der Waals surface area contributed by atoms with Crippen molar-refractivity contribution in [3.05, 3.63) is 52.1 Å². The van der Waals surface area contributed by atoms with Gasteiger partial charge in [0, 0.05) is 67.9 Å². The van der Waals surface area contributed by atoms with Crippen molar-refractivity contribution in [2.45, 2.75) is 90.8 Å². The number of amides is 3. The van der Waals surface area contributed by atoms with Crippen LogP contribution in [0.15, 0.2) is 24.5 Å². The summed E-state index contributed by atoms with van der Waals surface area (Å²) in [5.74, 6) is 0.0142. The van der Waals surface area contributed by atoms with Crippen LogP contribution in [0.3, 0.4) is 0 Å².